The SMILES string of the molecule is CC(CNC(=O)OC(C)(C)C)Nc1cc(Br)ccc1Cl. The molecule has 0 radical (unpaired) electrons. The molecule has 20 heavy (non-hydrogen) atoms. The van der Waals surface area contributed by atoms with Crippen LogP contribution in [0.25, 0.3) is 0 Å². The third kappa shape index (κ3) is 6.48. The molecule has 1 aromatic rings. The number of amides is 1. The van der Waals surface area contributed by atoms with Gasteiger partial charge < -0.3 is 15.4 Å². The molecule has 0 spiro atoms. The molecule has 6 heteroatoms. The molecule has 0 aliphatic carbocycles. The van der Waals surface area contributed by atoms with Crippen LogP contribution in [0.5, 0.6) is 0 Å². The number of carbonyl (C=O) groups is 1. The monoisotopic (exact) mass is 362 g/mol. The van der Waals surface area contributed by atoms with Gasteiger partial charge in [-0.15, -0.1) is 0 Å². The number of alkyl carbamates (subject to hydrolysis) is 1. The van der Waals surface area contributed by atoms with Gasteiger partial charge in [0, 0.05) is 17.1 Å². The van der Waals surface area contributed by atoms with E-state index in [9.17, 15) is 4.79 Å². The number of hydrogen-bond donors (Lipinski definition) is 2. The summed E-state index contributed by atoms with van der Waals surface area (Å²) in [5.41, 5.74) is 0.327. The number of carbonyl (C=O) groups excluding carboxylic acids is 1. The van der Waals surface area contributed by atoms with E-state index in [2.05, 4.69) is 26.6 Å². The van der Waals surface area contributed by atoms with Crippen LogP contribution >= 0.6 is 27.5 Å². The first-order valence-corrected chi connectivity index (χ1v) is 7.53. The van der Waals surface area contributed by atoms with Crippen molar-refractivity contribution in [2.75, 3.05) is 11.9 Å². The Balaban J connectivity index is 2.46. The molecule has 0 aliphatic rings. The maximum absolute atomic E-state index is 11.5. The number of benzene rings is 1. The number of anilines is 1. The van der Waals surface area contributed by atoms with E-state index in [-0.39, 0.29) is 6.04 Å². The highest BCUT2D eigenvalue weighted by Gasteiger charge is 2.16. The van der Waals surface area contributed by atoms with Gasteiger partial charge in [0.1, 0.15) is 5.60 Å². The van der Waals surface area contributed by atoms with Crippen LogP contribution < -0.4 is 10.6 Å². The fourth-order valence-electron chi connectivity index (χ4n) is 1.48. The van der Waals surface area contributed by atoms with Crippen molar-refractivity contribution in [1.82, 2.24) is 5.32 Å². The fourth-order valence-corrected chi connectivity index (χ4v) is 2.01. The van der Waals surface area contributed by atoms with Crippen molar-refractivity contribution in [3.8, 4) is 0 Å². The van der Waals surface area contributed by atoms with Crippen LogP contribution in [0.3, 0.4) is 0 Å². The average molecular weight is 364 g/mol. The summed E-state index contributed by atoms with van der Waals surface area (Å²) in [4.78, 5) is 11.5. The van der Waals surface area contributed by atoms with Crippen molar-refractivity contribution in [2.45, 2.75) is 39.3 Å². The van der Waals surface area contributed by atoms with Crippen LogP contribution in [-0.2, 0) is 4.74 Å². The summed E-state index contributed by atoms with van der Waals surface area (Å²) in [5.74, 6) is 0. The number of halogens is 2. The summed E-state index contributed by atoms with van der Waals surface area (Å²) in [5, 5.41) is 6.59. The topological polar surface area (TPSA) is 50.4 Å². The first-order valence-electron chi connectivity index (χ1n) is 6.36. The molecule has 0 aromatic heterocycles. The van der Waals surface area contributed by atoms with Crippen molar-refractivity contribution in [1.29, 1.82) is 0 Å². The van der Waals surface area contributed by atoms with Gasteiger partial charge in [0.05, 0.1) is 10.7 Å². The molecular formula is C14H20BrClN2O2. The van der Waals surface area contributed by atoms with Crippen LogP contribution in [0, 0.1) is 0 Å². The predicted octanol–water partition coefficient (Wildman–Crippen LogP) is 4.43. The Morgan fingerprint density at radius 2 is 2.10 bits per heavy atom. The quantitative estimate of drug-likeness (QED) is 0.832. The lowest BCUT2D eigenvalue weighted by Crippen LogP contribution is -2.38. The molecule has 0 bridgehead atoms. The van der Waals surface area contributed by atoms with E-state index >= 15 is 0 Å². The molecule has 0 saturated heterocycles. The molecular weight excluding hydrogens is 344 g/mol. The minimum Gasteiger partial charge on any atom is -0.444 e. The van der Waals surface area contributed by atoms with E-state index in [0.717, 1.165) is 10.2 Å². The lowest BCUT2D eigenvalue weighted by atomic mass is 10.2. The van der Waals surface area contributed by atoms with Crippen molar-refractivity contribution in [3.05, 3.63) is 27.7 Å². The predicted molar refractivity (Wildman–Crippen MR) is 86.5 cm³/mol. The van der Waals surface area contributed by atoms with Gasteiger partial charge in [0.15, 0.2) is 0 Å². The van der Waals surface area contributed by atoms with Gasteiger partial charge in [-0.2, -0.15) is 0 Å². The average Bonchev–Trinajstić information content (AvgIpc) is 2.29. The summed E-state index contributed by atoms with van der Waals surface area (Å²) in [6.45, 7) is 7.88. The standard InChI is InChI=1S/C14H20BrClN2O2/c1-9(8-17-13(19)20-14(2,3)4)18-12-7-10(15)5-6-11(12)16/h5-7,9,18H,8H2,1-4H3,(H,17,19). The molecule has 112 valence electrons. The molecule has 2 N–H and O–H groups in total. The Morgan fingerprint density at radius 3 is 2.70 bits per heavy atom. The lowest BCUT2D eigenvalue weighted by Gasteiger charge is -2.21. The molecule has 0 aliphatic heterocycles. The summed E-state index contributed by atoms with van der Waals surface area (Å²) < 4.78 is 6.11. The summed E-state index contributed by atoms with van der Waals surface area (Å²) in [7, 11) is 0. The van der Waals surface area contributed by atoms with E-state index in [1.165, 1.54) is 0 Å². The third-order valence-electron chi connectivity index (χ3n) is 2.28. The first kappa shape index (κ1) is 17.1. The van der Waals surface area contributed by atoms with Crippen molar-refractivity contribution in [3.63, 3.8) is 0 Å². The van der Waals surface area contributed by atoms with Crippen LogP contribution in [0.4, 0.5) is 10.5 Å². The second-order valence-corrected chi connectivity index (χ2v) is 6.88. The lowest BCUT2D eigenvalue weighted by molar-refractivity contribution is 0.0526. The van der Waals surface area contributed by atoms with Gasteiger partial charge in [0.25, 0.3) is 0 Å². The zero-order valence-corrected chi connectivity index (χ0v) is 14.4. The molecule has 1 atom stereocenters. The first-order chi connectivity index (χ1) is 9.17. The number of ether oxygens (including phenoxy) is 1. The zero-order valence-electron chi connectivity index (χ0n) is 12.1. The Hall–Kier alpha value is -0.940. The summed E-state index contributed by atoms with van der Waals surface area (Å²) in [6, 6.07) is 5.60. The van der Waals surface area contributed by atoms with Gasteiger partial charge in [-0.25, -0.2) is 4.79 Å². The van der Waals surface area contributed by atoms with Gasteiger partial charge in [-0.3, -0.25) is 0 Å². The molecule has 0 saturated carbocycles. The number of rotatable bonds is 4. The highest BCUT2D eigenvalue weighted by molar-refractivity contribution is 9.10. The molecule has 1 amide bonds. The van der Waals surface area contributed by atoms with Crippen LogP contribution in [0.2, 0.25) is 5.02 Å². The van der Waals surface area contributed by atoms with Crippen molar-refractivity contribution < 1.29 is 9.53 Å². The summed E-state index contributed by atoms with van der Waals surface area (Å²) >= 11 is 9.49. The van der Waals surface area contributed by atoms with E-state index in [4.69, 9.17) is 16.3 Å². The highest BCUT2D eigenvalue weighted by atomic mass is 79.9. The zero-order chi connectivity index (χ0) is 15.3. The molecule has 0 fully saturated rings. The number of hydrogen-bond acceptors (Lipinski definition) is 3. The third-order valence-corrected chi connectivity index (χ3v) is 3.10. The number of nitrogens with one attached hydrogen (secondary N) is 2. The molecule has 1 unspecified atom stereocenters. The fraction of sp³-hybridized carbons (Fsp3) is 0.500. The highest BCUT2D eigenvalue weighted by Crippen LogP contribution is 2.26. The largest absolute Gasteiger partial charge is 0.444 e. The van der Waals surface area contributed by atoms with E-state index in [1.807, 2.05) is 45.9 Å². The Labute approximate surface area is 133 Å². The molecule has 0 heterocycles. The van der Waals surface area contributed by atoms with Crippen molar-refractivity contribution >= 4 is 39.3 Å². The Kier molecular flexibility index (Phi) is 6.14. The van der Waals surface area contributed by atoms with Gasteiger partial charge in [-0.05, 0) is 45.9 Å². The normalized spacial score (nSPS) is 12.7. The minimum atomic E-state index is -0.492. The molecule has 1 rings (SSSR count). The minimum absolute atomic E-state index is 0.0225. The molecule has 4 nitrogen and oxygen atoms in total. The van der Waals surface area contributed by atoms with Gasteiger partial charge in [-0.1, -0.05) is 27.5 Å². The second kappa shape index (κ2) is 7.18. The van der Waals surface area contributed by atoms with Gasteiger partial charge in [0.2, 0.25) is 0 Å². The Morgan fingerprint density at radius 1 is 1.45 bits per heavy atom. The summed E-state index contributed by atoms with van der Waals surface area (Å²) in [6.07, 6.45) is -0.425. The van der Waals surface area contributed by atoms with E-state index < -0.39 is 11.7 Å². The van der Waals surface area contributed by atoms with Crippen molar-refractivity contribution in [2.24, 2.45) is 0 Å². The van der Waals surface area contributed by atoms with Crippen LogP contribution in [0.1, 0.15) is 27.7 Å². The second-order valence-electron chi connectivity index (χ2n) is 5.55. The van der Waals surface area contributed by atoms with Crippen LogP contribution in [-0.4, -0.2) is 24.3 Å². The molecule has 1 aromatic carbocycles. The maximum Gasteiger partial charge on any atom is 0.407 e. The van der Waals surface area contributed by atoms with Gasteiger partial charge >= 0.3 is 6.09 Å². The van der Waals surface area contributed by atoms with E-state index in [1.54, 1.807) is 0 Å². The van der Waals surface area contributed by atoms with Crippen LogP contribution in [0.15, 0.2) is 22.7 Å². The maximum atomic E-state index is 11.5. The Bertz CT molecular complexity index is 475. The van der Waals surface area contributed by atoms with E-state index in [0.29, 0.717) is 11.6 Å². The smallest absolute Gasteiger partial charge is 0.407 e.